The van der Waals surface area contributed by atoms with Gasteiger partial charge in [0.2, 0.25) is 0 Å². The predicted molar refractivity (Wildman–Crippen MR) is 72.4 cm³/mol. The van der Waals surface area contributed by atoms with E-state index in [1.165, 1.54) is 12.1 Å². The van der Waals surface area contributed by atoms with Crippen LogP contribution in [-0.4, -0.2) is 12.0 Å². The van der Waals surface area contributed by atoms with Crippen molar-refractivity contribution in [3.05, 3.63) is 59.2 Å². The van der Waals surface area contributed by atoms with E-state index in [9.17, 15) is 4.39 Å². The van der Waals surface area contributed by atoms with Gasteiger partial charge in [-0.2, -0.15) is 5.26 Å². The molecule has 0 aliphatic rings. The van der Waals surface area contributed by atoms with Crippen LogP contribution in [0.25, 0.3) is 0 Å². The molecule has 5 heteroatoms. The average Bonchev–Trinajstić information content (AvgIpc) is 2.46. The van der Waals surface area contributed by atoms with Gasteiger partial charge in [-0.25, -0.2) is 4.39 Å². The van der Waals surface area contributed by atoms with Crippen molar-refractivity contribution >= 4 is 0 Å². The summed E-state index contributed by atoms with van der Waals surface area (Å²) in [6.07, 6.45) is 1.62. The second kappa shape index (κ2) is 6.64. The molecule has 2 aromatic rings. The van der Waals surface area contributed by atoms with Gasteiger partial charge in [-0.15, -0.1) is 0 Å². The van der Waals surface area contributed by atoms with E-state index in [-0.39, 0.29) is 12.2 Å². The summed E-state index contributed by atoms with van der Waals surface area (Å²) in [5.41, 5.74) is 1.81. The van der Waals surface area contributed by atoms with Crippen LogP contribution in [0.1, 0.15) is 16.8 Å². The second-order valence-electron chi connectivity index (χ2n) is 4.26. The van der Waals surface area contributed by atoms with E-state index in [0.29, 0.717) is 17.9 Å². The summed E-state index contributed by atoms with van der Waals surface area (Å²) in [6, 6.07) is 9.73. The Hall–Kier alpha value is -2.45. The molecular weight excluding hydrogens is 257 g/mol. The molecule has 1 heterocycles. The van der Waals surface area contributed by atoms with Gasteiger partial charge >= 0.3 is 0 Å². The standard InChI is InChI=1S/C15H14FN3O/c1-18-8-14-2-3-15(9-19-14)20-10-12-4-11(7-17)5-13(16)6-12/h2-6,9,18H,8,10H2,1H3. The highest BCUT2D eigenvalue weighted by Crippen LogP contribution is 2.14. The van der Waals surface area contributed by atoms with Gasteiger partial charge in [0.25, 0.3) is 0 Å². The fourth-order valence-electron chi connectivity index (χ4n) is 1.75. The number of nitriles is 1. The highest BCUT2D eigenvalue weighted by atomic mass is 19.1. The Morgan fingerprint density at radius 3 is 2.85 bits per heavy atom. The summed E-state index contributed by atoms with van der Waals surface area (Å²) in [7, 11) is 1.85. The van der Waals surface area contributed by atoms with E-state index in [0.717, 1.165) is 5.69 Å². The highest BCUT2D eigenvalue weighted by molar-refractivity contribution is 5.33. The first-order valence-corrected chi connectivity index (χ1v) is 6.13. The average molecular weight is 271 g/mol. The second-order valence-corrected chi connectivity index (χ2v) is 4.26. The lowest BCUT2D eigenvalue weighted by Gasteiger charge is -2.07. The van der Waals surface area contributed by atoms with Crippen molar-refractivity contribution in [3.8, 4) is 11.8 Å². The van der Waals surface area contributed by atoms with E-state index >= 15 is 0 Å². The van der Waals surface area contributed by atoms with E-state index in [2.05, 4.69) is 10.3 Å². The fourth-order valence-corrected chi connectivity index (χ4v) is 1.75. The zero-order chi connectivity index (χ0) is 14.4. The van der Waals surface area contributed by atoms with Crippen molar-refractivity contribution in [1.29, 1.82) is 5.26 Å². The van der Waals surface area contributed by atoms with Crippen molar-refractivity contribution in [2.75, 3.05) is 7.05 Å². The first kappa shape index (κ1) is 14.0. The Balaban J connectivity index is 2.01. The van der Waals surface area contributed by atoms with Crippen LogP contribution < -0.4 is 10.1 Å². The molecule has 0 amide bonds. The Morgan fingerprint density at radius 1 is 1.35 bits per heavy atom. The molecule has 0 saturated carbocycles. The number of aromatic nitrogens is 1. The summed E-state index contributed by atoms with van der Waals surface area (Å²) < 4.78 is 18.8. The first-order valence-electron chi connectivity index (χ1n) is 6.13. The number of benzene rings is 1. The molecule has 1 aromatic carbocycles. The van der Waals surface area contributed by atoms with Gasteiger partial charge in [0, 0.05) is 6.54 Å². The lowest BCUT2D eigenvalue weighted by Crippen LogP contribution is -2.06. The number of rotatable bonds is 5. The number of hydrogen-bond acceptors (Lipinski definition) is 4. The summed E-state index contributed by atoms with van der Waals surface area (Å²) in [5.74, 6) is 0.165. The summed E-state index contributed by atoms with van der Waals surface area (Å²) in [5, 5.41) is 11.8. The van der Waals surface area contributed by atoms with Crippen molar-refractivity contribution in [1.82, 2.24) is 10.3 Å². The Bertz CT molecular complexity index is 620. The van der Waals surface area contributed by atoms with Gasteiger partial charge in [0.15, 0.2) is 0 Å². The molecule has 0 bridgehead atoms. The third-order valence-electron chi connectivity index (χ3n) is 2.65. The largest absolute Gasteiger partial charge is 0.487 e. The van der Waals surface area contributed by atoms with Gasteiger partial charge in [-0.05, 0) is 42.9 Å². The molecule has 0 atom stereocenters. The molecule has 0 unspecified atom stereocenters. The SMILES string of the molecule is CNCc1ccc(OCc2cc(F)cc(C#N)c2)cn1. The van der Waals surface area contributed by atoms with Gasteiger partial charge in [0.05, 0.1) is 23.5 Å². The molecule has 0 spiro atoms. The number of hydrogen-bond donors (Lipinski definition) is 1. The van der Waals surface area contributed by atoms with Crippen molar-refractivity contribution < 1.29 is 9.13 Å². The van der Waals surface area contributed by atoms with Crippen LogP contribution in [-0.2, 0) is 13.2 Å². The quantitative estimate of drug-likeness (QED) is 0.907. The molecule has 1 aromatic heterocycles. The Kier molecular flexibility index (Phi) is 4.64. The lowest BCUT2D eigenvalue weighted by molar-refractivity contribution is 0.304. The fraction of sp³-hybridized carbons (Fsp3) is 0.200. The normalized spacial score (nSPS) is 10.1. The third kappa shape index (κ3) is 3.77. The van der Waals surface area contributed by atoms with E-state index < -0.39 is 5.82 Å². The molecule has 1 N–H and O–H groups in total. The molecule has 0 saturated heterocycles. The van der Waals surface area contributed by atoms with E-state index in [1.54, 1.807) is 12.3 Å². The lowest BCUT2D eigenvalue weighted by atomic mass is 10.1. The van der Waals surface area contributed by atoms with Crippen LogP contribution in [0.15, 0.2) is 36.5 Å². The van der Waals surface area contributed by atoms with Crippen LogP contribution in [0.2, 0.25) is 0 Å². The van der Waals surface area contributed by atoms with Gasteiger partial charge in [-0.1, -0.05) is 0 Å². The van der Waals surface area contributed by atoms with Gasteiger partial charge < -0.3 is 10.1 Å². The highest BCUT2D eigenvalue weighted by Gasteiger charge is 2.02. The van der Waals surface area contributed by atoms with Gasteiger partial charge in [-0.3, -0.25) is 4.98 Å². The Morgan fingerprint density at radius 2 is 2.20 bits per heavy atom. The number of nitrogens with zero attached hydrogens (tertiary/aromatic N) is 2. The molecule has 0 aliphatic heterocycles. The van der Waals surface area contributed by atoms with Crippen LogP contribution in [0, 0.1) is 17.1 Å². The predicted octanol–water partition coefficient (Wildman–Crippen LogP) is 2.39. The van der Waals surface area contributed by atoms with Crippen molar-refractivity contribution in [2.45, 2.75) is 13.2 Å². The summed E-state index contributed by atoms with van der Waals surface area (Å²) in [4.78, 5) is 4.22. The van der Waals surface area contributed by atoms with Crippen LogP contribution in [0.5, 0.6) is 5.75 Å². The van der Waals surface area contributed by atoms with E-state index in [1.807, 2.05) is 25.2 Å². The molecule has 2 rings (SSSR count). The zero-order valence-corrected chi connectivity index (χ0v) is 11.1. The molecule has 0 fully saturated rings. The monoisotopic (exact) mass is 271 g/mol. The minimum atomic E-state index is -0.440. The zero-order valence-electron chi connectivity index (χ0n) is 11.1. The first-order chi connectivity index (χ1) is 9.71. The minimum Gasteiger partial charge on any atom is -0.487 e. The summed E-state index contributed by atoms with van der Waals surface area (Å²) >= 11 is 0. The molecular formula is C15H14FN3O. The molecule has 4 nitrogen and oxygen atoms in total. The number of pyridine rings is 1. The minimum absolute atomic E-state index is 0.194. The maximum absolute atomic E-state index is 13.3. The smallest absolute Gasteiger partial charge is 0.138 e. The van der Waals surface area contributed by atoms with Crippen molar-refractivity contribution in [2.24, 2.45) is 0 Å². The number of nitrogens with one attached hydrogen (secondary N) is 1. The molecule has 0 aliphatic carbocycles. The van der Waals surface area contributed by atoms with Crippen molar-refractivity contribution in [3.63, 3.8) is 0 Å². The summed E-state index contributed by atoms with van der Waals surface area (Å²) in [6.45, 7) is 0.884. The Labute approximate surface area is 116 Å². The van der Waals surface area contributed by atoms with Crippen LogP contribution in [0.3, 0.4) is 0 Å². The van der Waals surface area contributed by atoms with Crippen LogP contribution in [0.4, 0.5) is 4.39 Å². The maximum atomic E-state index is 13.3. The maximum Gasteiger partial charge on any atom is 0.138 e. The van der Waals surface area contributed by atoms with E-state index in [4.69, 9.17) is 10.00 Å². The molecule has 102 valence electrons. The number of ether oxygens (including phenoxy) is 1. The van der Waals surface area contributed by atoms with Gasteiger partial charge in [0.1, 0.15) is 18.2 Å². The molecule has 20 heavy (non-hydrogen) atoms. The van der Waals surface area contributed by atoms with Crippen LogP contribution >= 0.6 is 0 Å². The molecule has 0 radical (unpaired) electrons. The topological polar surface area (TPSA) is 57.9 Å². The number of halogens is 1. The third-order valence-corrected chi connectivity index (χ3v) is 2.65.